The number of rotatable bonds is 6. The van der Waals surface area contributed by atoms with E-state index in [1.54, 1.807) is 6.07 Å². The van der Waals surface area contributed by atoms with Crippen LogP contribution in [-0.4, -0.2) is 45.4 Å². The number of primary amides is 1. The molecule has 0 aliphatic rings. The average Bonchev–Trinajstić information content (AvgIpc) is 2.88. The summed E-state index contributed by atoms with van der Waals surface area (Å²) in [6.07, 6.45) is 0. The molecule has 0 spiro atoms. The normalized spacial score (nSPS) is 13.7. The van der Waals surface area contributed by atoms with Gasteiger partial charge in [-0.15, -0.1) is 11.3 Å². The van der Waals surface area contributed by atoms with Gasteiger partial charge in [-0.05, 0) is 17.5 Å². The first-order valence-electron chi connectivity index (χ1n) is 6.13. The topological polar surface area (TPSA) is 89.7 Å². The van der Waals surface area contributed by atoms with Gasteiger partial charge in [0.05, 0.1) is 6.61 Å². The number of sulfonamides is 1. The lowest BCUT2D eigenvalue weighted by molar-refractivity contribution is -0.122. The van der Waals surface area contributed by atoms with E-state index < -0.39 is 22.0 Å². The molecular formula is C13H16N2O4S2. The molecule has 0 aliphatic heterocycles. The van der Waals surface area contributed by atoms with Crippen LogP contribution in [0.4, 0.5) is 0 Å². The summed E-state index contributed by atoms with van der Waals surface area (Å²) in [6, 6.07) is 7.93. The minimum atomic E-state index is -3.80. The van der Waals surface area contributed by atoms with Gasteiger partial charge in [0.15, 0.2) is 0 Å². The zero-order chi connectivity index (χ0) is 15.6. The number of hydrogen-bond donors (Lipinski definition) is 1. The molecule has 1 heterocycles. The van der Waals surface area contributed by atoms with Gasteiger partial charge >= 0.3 is 0 Å². The Morgan fingerprint density at radius 2 is 2.10 bits per heavy atom. The van der Waals surface area contributed by atoms with Crippen LogP contribution < -0.4 is 5.73 Å². The highest BCUT2D eigenvalue weighted by molar-refractivity contribution is 7.91. The van der Waals surface area contributed by atoms with Gasteiger partial charge in [-0.1, -0.05) is 18.2 Å². The van der Waals surface area contributed by atoms with Crippen LogP contribution in [0.5, 0.6) is 0 Å². The third kappa shape index (κ3) is 3.08. The number of nitrogens with two attached hydrogens (primary N) is 1. The zero-order valence-electron chi connectivity index (χ0n) is 11.6. The Hall–Kier alpha value is -1.48. The summed E-state index contributed by atoms with van der Waals surface area (Å²) in [4.78, 5) is 11.4. The van der Waals surface area contributed by atoms with Crippen molar-refractivity contribution < 1.29 is 17.9 Å². The Balaban J connectivity index is 2.42. The number of hydrogen-bond acceptors (Lipinski definition) is 5. The monoisotopic (exact) mass is 328 g/mol. The second-order valence-electron chi connectivity index (χ2n) is 4.50. The number of carbonyl (C=O) groups excluding carboxylic acids is 1. The number of methoxy groups -OCH3 is 1. The van der Waals surface area contributed by atoms with Gasteiger partial charge in [0.2, 0.25) is 5.91 Å². The highest BCUT2D eigenvalue weighted by atomic mass is 32.2. The highest BCUT2D eigenvalue weighted by Gasteiger charge is 2.32. The van der Waals surface area contributed by atoms with E-state index in [2.05, 4.69) is 0 Å². The minimum Gasteiger partial charge on any atom is -0.382 e. The number of carbonyl (C=O) groups is 1. The molecule has 1 atom stereocenters. The number of nitrogens with zero attached hydrogens (tertiary/aromatic N) is 1. The van der Waals surface area contributed by atoms with Gasteiger partial charge in [-0.3, -0.25) is 4.79 Å². The molecule has 0 aliphatic carbocycles. The molecular weight excluding hydrogens is 312 g/mol. The van der Waals surface area contributed by atoms with Crippen LogP contribution in [0.2, 0.25) is 0 Å². The molecule has 21 heavy (non-hydrogen) atoms. The highest BCUT2D eigenvalue weighted by Crippen LogP contribution is 2.30. The fourth-order valence-electron chi connectivity index (χ4n) is 1.92. The maximum atomic E-state index is 12.6. The number of benzene rings is 1. The van der Waals surface area contributed by atoms with Crippen molar-refractivity contribution in [3.8, 4) is 0 Å². The Morgan fingerprint density at radius 3 is 2.67 bits per heavy atom. The van der Waals surface area contributed by atoms with Crippen LogP contribution in [0.3, 0.4) is 0 Å². The Morgan fingerprint density at radius 1 is 1.43 bits per heavy atom. The van der Waals surface area contributed by atoms with E-state index >= 15 is 0 Å². The summed E-state index contributed by atoms with van der Waals surface area (Å²) in [5.74, 6) is -0.746. The first-order chi connectivity index (χ1) is 9.87. The number of fused-ring (bicyclic) bond motifs is 1. The third-order valence-corrected chi connectivity index (χ3v) is 6.56. The van der Waals surface area contributed by atoms with Gasteiger partial charge in [0, 0.05) is 18.9 Å². The van der Waals surface area contributed by atoms with Crippen LogP contribution in [0, 0.1) is 0 Å². The molecule has 6 nitrogen and oxygen atoms in total. The molecule has 0 fully saturated rings. The van der Waals surface area contributed by atoms with E-state index in [0.29, 0.717) is 0 Å². The Labute approximate surface area is 127 Å². The van der Waals surface area contributed by atoms with E-state index in [9.17, 15) is 13.2 Å². The molecule has 0 unspecified atom stereocenters. The predicted octanol–water partition coefficient (Wildman–Crippen LogP) is 1.02. The van der Waals surface area contributed by atoms with Crippen molar-refractivity contribution >= 4 is 37.4 Å². The van der Waals surface area contributed by atoms with E-state index in [4.69, 9.17) is 10.5 Å². The van der Waals surface area contributed by atoms with Gasteiger partial charge in [-0.25, -0.2) is 8.42 Å². The van der Waals surface area contributed by atoms with Gasteiger partial charge in [0.1, 0.15) is 10.3 Å². The van der Waals surface area contributed by atoms with Gasteiger partial charge in [0.25, 0.3) is 10.0 Å². The number of likely N-dealkylation sites (N-methyl/N-ethyl adjacent to an activating group) is 1. The second kappa shape index (κ2) is 6.10. The summed E-state index contributed by atoms with van der Waals surface area (Å²) in [7, 11) is -1.08. The first-order valence-corrected chi connectivity index (χ1v) is 8.38. The molecule has 1 aromatic carbocycles. The second-order valence-corrected chi connectivity index (χ2v) is 7.81. The smallest absolute Gasteiger partial charge is 0.253 e. The van der Waals surface area contributed by atoms with Crippen molar-refractivity contribution in [2.75, 3.05) is 20.8 Å². The molecule has 0 saturated heterocycles. The fraction of sp³-hybridized carbons (Fsp3) is 0.308. The van der Waals surface area contributed by atoms with Crippen molar-refractivity contribution in [3.63, 3.8) is 0 Å². The van der Waals surface area contributed by atoms with Crippen molar-refractivity contribution in [2.45, 2.75) is 10.3 Å². The fourth-order valence-corrected chi connectivity index (χ4v) is 4.82. The number of ether oxygens (including phenoxy) is 1. The molecule has 0 radical (unpaired) electrons. The Kier molecular flexibility index (Phi) is 4.62. The van der Waals surface area contributed by atoms with Crippen LogP contribution >= 0.6 is 11.3 Å². The van der Waals surface area contributed by atoms with Crippen molar-refractivity contribution in [2.24, 2.45) is 5.73 Å². The molecule has 0 saturated carbocycles. The summed E-state index contributed by atoms with van der Waals surface area (Å²) >= 11 is 1.16. The predicted molar refractivity (Wildman–Crippen MR) is 81.6 cm³/mol. The molecule has 2 aromatic rings. The van der Waals surface area contributed by atoms with E-state index in [1.807, 2.05) is 24.3 Å². The summed E-state index contributed by atoms with van der Waals surface area (Å²) in [5.41, 5.74) is 5.25. The lowest BCUT2D eigenvalue weighted by Crippen LogP contribution is -2.48. The van der Waals surface area contributed by atoms with Crippen LogP contribution in [0.1, 0.15) is 0 Å². The maximum absolute atomic E-state index is 12.6. The quantitative estimate of drug-likeness (QED) is 0.857. The number of amides is 1. The number of thiophene rings is 1. The summed E-state index contributed by atoms with van der Waals surface area (Å²) < 4.78 is 32.1. The molecule has 2 N–H and O–H groups in total. The largest absolute Gasteiger partial charge is 0.382 e. The van der Waals surface area contributed by atoms with Crippen LogP contribution in [0.15, 0.2) is 34.5 Å². The summed E-state index contributed by atoms with van der Waals surface area (Å²) in [5, 5.41) is 0.844. The van der Waals surface area contributed by atoms with Crippen molar-refractivity contribution in [1.29, 1.82) is 0 Å². The van der Waals surface area contributed by atoms with E-state index in [0.717, 1.165) is 25.7 Å². The molecule has 1 amide bonds. The zero-order valence-corrected chi connectivity index (χ0v) is 13.3. The summed E-state index contributed by atoms with van der Waals surface area (Å²) in [6.45, 7) is -0.0873. The van der Waals surface area contributed by atoms with Crippen molar-refractivity contribution in [1.82, 2.24) is 4.31 Å². The van der Waals surface area contributed by atoms with Crippen LogP contribution in [-0.2, 0) is 19.6 Å². The molecule has 114 valence electrons. The van der Waals surface area contributed by atoms with E-state index in [1.165, 1.54) is 14.2 Å². The van der Waals surface area contributed by atoms with E-state index in [-0.39, 0.29) is 10.8 Å². The standard InChI is InChI=1S/C13H16N2O4S2/c1-15(10(8-19-2)13(14)16)21(17,18)12-7-9-5-3-4-6-11(9)20-12/h3-7,10H,8H2,1-2H3,(H2,14,16)/t10-/m0/s1. The minimum absolute atomic E-state index is 0.0873. The molecule has 8 heteroatoms. The molecule has 0 bridgehead atoms. The van der Waals surface area contributed by atoms with Gasteiger partial charge in [-0.2, -0.15) is 4.31 Å². The lowest BCUT2D eigenvalue weighted by Gasteiger charge is -2.23. The van der Waals surface area contributed by atoms with Crippen LogP contribution in [0.25, 0.3) is 10.1 Å². The Bertz CT molecular complexity index is 721. The SMILES string of the molecule is COC[C@@H](C(N)=O)N(C)S(=O)(=O)c1cc2ccccc2s1. The molecule has 2 rings (SSSR count). The third-order valence-electron chi connectivity index (χ3n) is 3.13. The maximum Gasteiger partial charge on any atom is 0.253 e. The van der Waals surface area contributed by atoms with Gasteiger partial charge < -0.3 is 10.5 Å². The molecule has 1 aromatic heterocycles. The average molecular weight is 328 g/mol. The first kappa shape index (κ1) is 15.9. The van der Waals surface area contributed by atoms with Crippen molar-refractivity contribution in [3.05, 3.63) is 30.3 Å². The lowest BCUT2D eigenvalue weighted by atomic mass is 10.3.